The maximum Gasteiger partial charge on any atom is 0.410 e. The summed E-state index contributed by atoms with van der Waals surface area (Å²) in [6, 6.07) is 2.51. The van der Waals surface area contributed by atoms with Crippen LogP contribution in [0.15, 0.2) is 50.5 Å². The number of rotatable bonds is 11. The third-order valence-corrected chi connectivity index (χ3v) is 13.4. The van der Waals surface area contributed by atoms with Crippen molar-refractivity contribution in [1.29, 1.82) is 0 Å². The van der Waals surface area contributed by atoms with Crippen LogP contribution in [0, 0.1) is 5.92 Å². The van der Waals surface area contributed by atoms with Gasteiger partial charge in [0.2, 0.25) is 11.4 Å². The van der Waals surface area contributed by atoms with Crippen LogP contribution in [0.1, 0.15) is 108 Å². The normalized spacial score (nSPS) is 22.2. The molecule has 4 aliphatic rings. The first-order chi connectivity index (χ1) is 28.9. The highest BCUT2D eigenvalue weighted by atomic mass is 32.2. The van der Waals surface area contributed by atoms with Gasteiger partial charge in [-0.05, 0) is 77.9 Å². The lowest BCUT2D eigenvalue weighted by Gasteiger charge is -2.34. The van der Waals surface area contributed by atoms with Gasteiger partial charge in [-0.3, -0.25) is 23.8 Å². The number of oxime groups is 2. The van der Waals surface area contributed by atoms with E-state index in [2.05, 4.69) is 36.1 Å². The topological polar surface area (TPSA) is 242 Å². The number of aromatic nitrogens is 4. The first kappa shape index (κ1) is 42.5. The number of amides is 1. The summed E-state index contributed by atoms with van der Waals surface area (Å²) in [5.41, 5.74) is 0.749. The minimum atomic E-state index is -2.01. The molecule has 4 fully saturated rings. The Morgan fingerprint density at radius 3 is 1.90 bits per heavy atom. The molecule has 0 unspecified atom stereocenters. The molecule has 4 aromatic rings. The summed E-state index contributed by atoms with van der Waals surface area (Å²) in [5.74, 6) is 5.26. The van der Waals surface area contributed by atoms with Gasteiger partial charge < -0.3 is 28.1 Å². The predicted octanol–water partition coefficient (Wildman–Crippen LogP) is 4.98. The largest absolute Gasteiger partial charge is 0.450 e. The van der Waals surface area contributed by atoms with Crippen molar-refractivity contribution in [2.45, 2.75) is 122 Å². The number of ether oxygens (including phenoxy) is 1. The van der Waals surface area contributed by atoms with E-state index in [4.69, 9.17) is 23.2 Å². The summed E-state index contributed by atoms with van der Waals surface area (Å²) in [6.45, 7) is 4.17. The molecule has 1 aliphatic carbocycles. The number of nitrogens with one attached hydrogen (secondary N) is 2. The van der Waals surface area contributed by atoms with Gasteiger partial charge in [0.15, 0.2) is 0 Å². The lowest BCUT2D eigenvalue weighted by Crippen LogP contribution is -2.47. The zero-order valence-electron chi connectivity index (χ0n) is 34.0. The van der Waals surface area contributed by atoms with Gasteiger partial charge in [0.05, 0.1) is 18.0 Å². The van der Waals surface area contributed by atoms with E-state index in [1.807, 2.05) is 6.92 Å². The highest BCUT2D eigenvalue weighted by Crippen LogP contribution is 2.35. The Morgan fingerprint density at radius 2 is 1.37 bits per heavy atom. The molecule has 18 nitrogen and oxygen atoms in total. The van der Waals surface area contributed by atoms with Crippen molar-refractivity contribution in [3.05, 3.63) is 64.8 Å². The molecular weight excluding hydrogens is 799 g/mol. The monoisotopic (exact) mass is 849 g/mol. The van der Waals surface area contributed by atoms with Gasteiger partial charge in [-0.25, -0.2) is 14.4 Å². The highest BCUT2D eigenvalue weighted by Gasteiger charge is 2.43. The number of fused-ring (bicyclic) bond motifs is 4. The van der Waals surface area contributed by atoms with Crippen LogP contribution in [0.3, 0.4) is 0 Å². The Bertz CT molecular complexity index is 2610. The molecule has 1 saturated carbocycles. The van der Waals surface area contributed by atoms with Crippen LogP contribution in [0.5, 0.6) is 12.0 Å². The minimum Gasteiger partial charge on any atom is -0.450 e. The van der Waals surface area contributed by atoms with Crippen LogP contribution < -0.4 is 32.0 Å². The van der Waals surface area contributed by atoms with Crippen molar-refractivity contribution in [3.63, 3.8) is 0 Å². The predicted molar refractivity (Wildman–Crippen MR) is 226 cm³/mol. The molecule has 2 atom stereocenters. The number of carbonyl (C=O) groups is 1. The molecule has 322 valence electrons. The van der Waals surface area contributed by atoms with Crippen molar-refractivity contribution in [2.75, 3.05) is 18.1 Å². The number of nitrogens with zero attached hydrogens (tertiary/aromatic N) is 5. The number of H-pyrrole nitrogens is 2. The van der Waals surface area contributed by atoms with Gasteiger partial charge in [0.25, 0.3) is 11.1 Å². The zero-order valence-corrected chi connectivity index (χ0v) is 34.8. The molecule has 2 bridgehead atoms. The number of hydrogen-bond acceptors (Lipinski definition) is 15. The summed E-state index contributed by atoms with van der Waals surface area (Å²) in [5, 5.41) is 8.72. The fourth-order valence-electron chi connectivity index (χ4n) is 8.47. The summed E-state index contributed by atoms with van der Waals surface area (Å²) in [4.78, 5) is 87.2. The maximum absolute atomic E-state index is 12.8. The molecule has 60 heavy (non-hydrogen) atoms. The van der Waals surface area contributed by atoms with E-state index >= 15 is 0 Å². The van der Waals surface area contributed by atoms with E-state index in [1.165, 1.54) is 37.8 Å². The lowest BCUT2D eigenvalue weighted by molar-refractivity contribution is 0.0856. The quantitative estimate of drug-likeness (QED) is 0.150. The first-order valence-electron chi connectivity index (χ1n) is 20.8. The first-order valence-corrected chi connectivity index (χ1v) is 22.8. The second-order valence-electron chi connectivity index (χ2n) is 15.8. The van der Waals surface area contributed by atoms with Crippen molar-refractivity contribution in [2.24, 2.45) is 16.2 Å². The average Bonchev–Trinajstić information content (AvgIpc) is 3.83. The number of unbranched alkanes of at least 4 members (excludes halogenated alkanes) is 1. The summed E-state index contributed by atoms with van der Waals surface area (Å²) >= 11 is 0. The van der Waals surface area contributed by atoms with Crippen LogP contribution in [0.25, 0.3) is 22.2 Å². The number of aryl methyl sites for hydroxylation is 2. The molecule has 19 heteroatoms. The van der Waals surface area contributed by atoms with Crippen LogP contribution in [0.2, 0.25) is 0 Å². The molecular formula is C41H51N7O11S. The molecule has 4 aromatic heterocycles. The highest BCUT2D eigenvalue weighted by molar-refractivity contribution is 8.00. The molecule has 3 aliphatic heterocycles. The Kier molecular flexibility index (Phi) is 13.3. The molecule has 3 saturated heterocycles. The lowest BCUT2D eigenvalue weighted by atomic mass is 9.97. The molecule has 0 spiro atoms. The van der Waals surface area contributed by atoms with E-state index in [9.17, 15) is 28.2 Å². The van der Waals surface area contributed by atoms with Crippen LogP contribution >= 0.6 is 0 Å². The van der Waals surface area contributed by atoms with Crippen molar-refractivity contribution < 1.29 is 32.2 Å². The Hall–Kier alpha value is -5.59. The van der Waals surface area contributed by atoms with Gasteiger partial charge in [-0.15, -0.1) is 0 Å². The van der Waals surface area contributed by atoms with E-state index < -0.39 is 31.9 Å². The van der Waals surface area contributed by atoms with Crippen LogP contribution in [0.4, 0.5) is 4.79 Å². The third-order valence-electron chi connectivity index (χ3n) is 11.5. The van der Waals surface area contributed by atoms with Crippen molar-refractivity contribution in [1.82, 2.24) is 24.8 Å². The molecule has 8 rings (SSSR count). The van der Waals surface area contributed by atoms with Gasteiger partial charge in [-0.2, -0.15) is 9.97 Å². The maximum atomic E-state index is 12.8. The number of aromatic amines is 2. The number of hydrogen-bond donors (Lipinski definition) is 2. The van der Waals surface area contributed by atoms with Gasteiger partial charge >= 0.3 is 29.4 Å². The summed E-state index contributed by atoms with van der Waals surface area (Å²) in [7, 11) is -2.01. The van der Waals surface area contributed by atoms with Crippen LogP contribution in [-0.4, -0.2) is 82.6 Å². The minimum absolute atomic E-state index is 0.0317. The molecule has 0 aromatic carbocycles. The van der Waals surface area contributed by atoms with Gasteiger partial charge in [0.1, 0.15) is 10.8 Å². The molecule has 7 heterocycles. The molecule has 1 amide bonds. The van der Waals surface area contributed by atoms with E-state index in [1.54, 1.807) is 11.8 Å². The van der Waals surface area contributed by atoms with E-state index in [0.29, 0.717) is 79.1 Å². The smallest absolute Gasteiger partial charge is 0.410 e. The molecule has 0 radical (unpaired) electrons. The summed E-state index contributed by atoms with van der Waals surface area (Å²) in [6.07, 6.45) is 12.5. The Morgan fingerprint density at radius 1 is 0.833 bits per heavy atom. The Balaban J connectivity index is 0.000000189. The van der Waals surface area contributed by atoms with Gasteiger partial charge in [-0.1, -0.05) is 49.3 Å². The average molecular weight is 850 g/mol. The zero-order chi connectivity index (χ0) is 42.4. The van der Waals surface area contributed by atoms with Gasteiger partial charge in [0, 0.05) is 61.4 Å². The number of carbonyl (C=O) groups excluding carboxylic acids is 1. The van der Waals surface area contributed by atoms with Crippen molar-refractivity contribution in [3.8, 4) is 12.0 Å². The summed E-state index contributed by atoms with van der Waals surface area (Å²) < 4.78 is 27.3. The van der Waals surface area contributed by atoms with E-state index in [0.717, 1.165) is 43.5 Å². The fraction of sp³-hybridized carbons (Fsp3) is 0.561. The molecule has 2 N–H and O–H groups in total. The SMILES string of the molecule is C=S1(=O)CCC(=NOc2nc3oc(=O)cc(CCCC)c3c(=O)[nH]2)CC1.CCOC(=O)N1[C@@H]2CC[C@H]1CC(=NOc1nc3oc(=O)cc(CCC4CCCC4)c3c(=O)[nH]1)C2. The standard InChI is InChI=1S/C24H30N4O6.C17H21N3O5S/c1-2-32-24(31)28-17-9-10-18(28)13-16(12-17)27-34-23-25-21(30)20-15(8-7-14-5-3-4-6-14)11-19(29)33-22(20)26-23;1-3-4-5-11-10-13(21)24-16-14(11)15(22)18-17(19-16)25-20-12-6-8-26(2,23)9-7-12/h11,14,17-18H,2-10,12-13H2,1H3,(H,25,26,30);10H,2-9H2,1H3,(H,18,19,22)/t17-,18+;. The second kappa shape index (κ2) is 18.8. The fourth-order valence-corrected chi connectivity index (χ4v) is 9.89. The second-order valence-corrected chi connectivity index (χ2v) is 18.6. The van der Waals surface area contributed by atoms with Crippen molar-refractivity contribution >= 4 is 55.1 Å². The Labute approximate surface area is 344 Å². The third kappa shape index (κ3) is 10.2. The number of piperidine rings is 1. The van der Waals surface area contributed by atoms with Crippen LogP contribution in [-0.2, 0) is 27.1 Å². The van der Waals surface area contributed by atoms with E-state index in [-0.39, 0.29) is 47.0 Å².